The summed E-state index contributed by atoms with van der Waals surface area (Å²) in [5.74, 6) is -0.254. The molecule has 1 aliphatic heterocycles. The Morgan fingerprint density at radius 1 is 0.929 bits per heavy atom. The molecule has 2 aromatic carbocycles. The molecule has 2 amide bonds. The van der Waals surface area contributed by atoms with Gasteiger partial charge in [-0.05, 0) is 44.0 Å². The fourth-order valence-corrected chi connectivity index (χ4v) is 4.00. The van der Waals surface area contributed by atoms with Gasteiger partial charge in [0.2, 0.25) is 11.8 Å². The maximum absolute atomic E-state index is 12.8. The van der Waals surface area contributed by atoms with Gasteiger partial charge >= 0.3 is 0 Å². The molecule has 2 unspecified atom stereocenters. The van der Waals surface area contributed by atoms with Gasteiger partial charge in [-0.1, -0.05) is 35.9 Å². The highest BCUT2D eigenvalue weighted by Crippen LogP contribution is 2.41. The summed E-state index contributed by atoms with van der Waals surface area (Å²) in [6.45, 7) is 7.13. The molecular formula is C23H27N3O2. The minimum Gasteiger partial charge on any atom is -0.368 e. The summed E-state index contributed by atoms with van der Waals surface area (Å²) >= 11 is 0. The third-order valence-electron chi connectivity index (χ3n) is 5.80. The second kappa shape index (κ2) is 7.66. The van der Waals surface area contributed by atoms with Gasteiger partial charge in [0.05, 0.1) is 11.8 Å². The van der Waals surface area contributed by atoms with Crippen molar-refractivity contribution >= 4 is 23.2 Å². The number of amides is 2. The third kappa shape index (κ3) is 3.88. The minimum absolute atomic E-state index is 0.0341. The molecule has 4 rings (SSSR count). The van der Waals surface area contributed by atoms with Gasteiger partial charge < -0.3 is 15.1 Å². The van der Waals surface area contributed by atoms with Crippen LogP contribution < -0.4 is 10.2 Å². The van der Waals surface area contributed by atoms with E-state index < -0.39 is 0 Å². The second-order valence-electron chi connectivity index (χ2n) is 7.90. The largest absolute Gasteiger partial charge is 0.368 e. The Bertz CT molecular complexity index is 873. The van der Waals surface area contributed by atoms with E-state index in [2.05, 4.69) is 28.4 Å². The fraction of sp³-hybridized carbons (Fsp3) is 0.391. The molecule has 2 aliphatic rings. The number of carbonyl (C=O) groups excluding carboxylic acids is 2. The highest BCUT2D eigenvalue weighted by Gasteiger charge is 2.49. The molecule has 2 fully saturated rings. The Hall–Kier alpha value is -2.82. The Labute approximate surface area is 166 Å². The Morgan fingerprint density at radius 3 is 2.32 bits per heavy atom. The van der Waals surface area contributed by atoms with Crippen LogP contribution in [0, 0.1) is 25.7 Å². The second-order valence-corrected chi connectivity index (χ2v) is 7.90. The van der Waals surface area contributed by atoms with Crippen LogP contribution in [0.25, 0.3) is 0 Å². The van der Waals surface area contributed by atoms with Crippen molar-refractivity contribution in [3.05, 3.63) is 59.7 Å². The smallest absolute Gasteiger partial charge is 0.228 e. The average Bonchev–Trinajstić information content (AvgIpc) is 3.51. The highest BCUT2D eigenvalue weighted by atomic mass is 16.2. The molecule has 0 aromatic heterocycles. The molecule has 146 valence electrons. The first-order valence-corrected chi connectivity index (χ1v) is 10.00. The number of para-hydroxylation sites is 1. The van der Waals surface area contributed by atoms with E-state index in [-0.39, 0.29) is 23.7 Å². The lowest BCUT2D eigenvalue weighted by Crippen LogP contribution is -2.49. The van der Waals surface area contributed by atoms with Crippen LogP contribution in [0.4, 0.5) is 11.4 Å². The van der Waals surface area contributed by atoms with E-state index in [1.54, 1.807) is 0 Å². The number of piperazine rings is 1. The van der Waals surface area contributed by atoms with E-state index in [1.165, 1.54) is 11.3 Å². The fourth-order valence-electron chi connectivity index (χ4n) is 4.00. The molecule has 2 atom stereocenters. The third-order valence-corrected chi connectivity index (χ3v) is 5.80. The summed E-state index contributed by atoms with van der Waals surface area (Å²) in [4.78, 5) is 29.6. The molecule has 0 bridgehead atoms. The molecule has 5 heteroatoms. The quantitative estimate of drug-likeness (QED) is 0.890. The summed E-state index contributed by atoms with van der Waals surface area (Å²) in [5, 5.41) is 3.00. The zero-order valence-electron chi connectivity index (χ0n) is 16.5. The zero-order chi connectivity index (χ0) is 19.7. The van der Waals surface area contributed by atoms with Gasteiger partial charge in [-0.3, -0.25) is 9.59 Å². The van der Waals surface area contributed by atoms with Crippen LogP contribution in [-0.4, -0.2) is 42.9 Å². The van der Waals surface area contributed by atoms with Crippen molar-refractivity contribution in [1.82, 2.24) is 4.90 Å². The van der Waals surface area contributed by atoms with Crippen molar-refractivity contribution in [2.24, 2.45) is 11.8 Å². The SMILES string of the molecule is Cc1ccc(NC(=O)C2CC2C(=O)N2CCN(c3ccccc3)CC2)c(C)c1. The number of nitrogens with one attached hydrogen (secondary N) is 1. The first-order valence-electron chi connectivity index (χ1n) is 10.00. The monoisotopic (exact) mass is 377 g/mol. The van der Waals surface area contributed by atoms with E-state index in [1.807, 2.05) is 49.1 Å². The van der Waals surface area contributed by atoms with Crippen molar-refractivity contribution in [1.29, 1.82) is 0 Å². The summed E-state index contributed by atoms with van der Waals surface area (Å²) in [5.41, 5.74) is 4.26. The maximum Gasteiger partial charge on any atom is 0.228 e. The predicted molar refractivity (Wildman–Crippen MR) is 111 cm³/mol. The van der Waals surface area contributed by atoms with Gasteiger partial charge in [-0.2, -0.15) is 0 Å². The van der Waals surface area contributed by atoms with Gasteiger partial charge in [-0.15, -0.1) is 0 Å². The first kappa shape index (κ1) is 18.5. The highest BCUT2D eigenvalue weighted by molar-refractivity contribution is 6.00. The summed E-state index contributed by atoms with van der Waals surface area (Å²) < 4.78 is 0. The Balaban J connectivity index is 1.29. The number of hydrogen-bond acceptors (Lipinski definition) is 3. The number of benzene rings is 2. The van der Waals surface area contributed by atoms with Gasteiger partial charge in [-0.25, -0.2) is 0 Å². The molecule has 2 aromatic rings. The van der Waals surface area contributed by atoms with Crippen LogP contribution in [0.15, 0.2) is 48.5 Å². The van der Waals surface area contributed by atoms with Gasteiger partial charge in [0.15, 0.2) is 0 Å². The van der Waals surface area contributed by atoms with E-state index in [0.29, 0.717) is 6.42 Å². The lowest BCUT2D eigenvalue weighted by atomic mass is 10.1. The Morgan fingerprint density at radius 2 is 1.64 bits per heavy atom. The van der Waals surface area contributed by atoms with Crippen LogP contribution >= 0.6 is 0 Å². The van der Waals surface area contributed by atoms with Crippen LogP contribution in [0.2, 0.25) is 0 Å². The number of carbonyl (C=O) groups is 2. The lowest BCUT2D eigenvalue weighted by Gasteiger charge is -2.36. The minimum atomic E-state index is -0.194. The Kier molecular flexibility index (Phi) is 5.07. The summed E-state index contributed by atoms with van der Waals surface area (Å²) in [7, 11) is 0. The standard InChI is InChI=1S/C23H27N3O2/c1-16-8-9-21(17(2)14-16)24-22(27)19-15-20(19)23(28)26-12-10-25(11-13-26)18-6-4-3-5-7-18/h3-9,14,19-20H,10-13,15H2,1-2H3,(H,24,27). The van der Waals surface area contributed by atoms with Gasteiger partial charge in [0.25, 0.3) is 0 Å². The molecule has 0 radical (unpaired) electrons. The molecule has 5 nitrogen and oxygen atoms in total. The predicted octanol–water partition coefficient (Wildman–Crippen LogP) is 3.23. The molecular weight excluding hydrogens is 350 g/mol. The molecule has 0 spiro atoms. The van der Waals surface area contributed by atoms with Crippen molar-refractivity contribution in [2.45, 2.75) is 20.3 Å². The zero-order valence-corrected chi connectivity index (χ0v) is 16.5. The number of nitrogens with zero attached hydrogens (tertiary/aromatic N) is 2. The van der Waals surface area contributed by atoms with Gasteiger partial charge in [0, 0.05) is 37.6 Å². The molecule has 1 saturated carbocycles. The summed E-state index contributed by atoms with van der Waals surface area (Å²) in [6, 6.07) is 16.3. The number of rotatable bonds is 4. The first-order chi connectivity index (χ1) is 13.5. The average molecular weight is 377 g/mol. The van der Waals surface area contributed by atoms with E-state index >= 15 is 0 Å². The van der Waals surface area contributed by atoms with Crippen molar-refractivity contribution in [3.8, 4) is 0 Å². The van der Waals surface area contributed by atoms with Crippen molar-refractivity contribution in [3.63, 3.8) is 0 Å². The van der Waals surface area contributed by atoms with E-state index in [0.717, 1.165) is 37.4 Å². The van der Waals surface area contributed by atoms with E-state index in [4.69, 9.17) is 0 Å². The van der Waals surface area contributed by atoms with Gasteiger partial charge in [0.1, 0.15) is 0 Å². The maximum atomic E-state index is 12.8. The van der Waals surface area contributed by atoms with Crippen LogP contribution in [0.1, 0.15) is 17.5 Å². The van der Waals surface area contributed by atoms with Crippen LogP contribution in [-0.2, 0) is 9.59 Å². The molecule has 1 saturated heterocycles. The lowest BCUT2D eigenvalue weighted by molar-refractivity contribution is -0.134. The molecule has 1 aliphatic carbocycles. The topological polar surface area (TPSA) is 52.7 Å². The van der Waals surface area contributed by atoms with Crippen molar-refractivity contribution < 1.29 is 9.59 Å². The van der Waals surface area contributed by atoms with Crippen LogP contribution in [0.5, 0.6) is 0 Å². The normalized spacial score (nSPS) is 21.4. The van der Waals surface area contributed by atoms with E-state index in [9.17, 15) is 9.59 Å². The van der Waals surface area contributed by atoms with Crippen LogP contribution in [0.3, 0.4) is 0 Å². The molecule has 1 N–H and O–H groups in total. The number of anilines is 2. The number of aryl methyl sites for hydroxylation is 2. The molecule has 1 heterocycles. The number of hydrogen-bond donors (Lipinski definition) is 1. The molecule has 28 heavy (non-hydrogen) atoms. The van der Waals surface area contributed by atoms with Crippen molar-refractivity contribution in [2.75, 3.05) is 36.4 Å². The summed E-state index contributed by atoms with van der Waals surface area (Å²) in [6.07, 6.45) is 0.661.